The minimum Gasteiger partial charge on any atom is -0.392 e. The number of fused-ring (bicyclic) bond motifs is 1. The first-order valence-electron chi connectivity index (χ1n) is 10.5. The van der Waals surface area contributed by atoms with Crippen molar-refractivity contribution in [2.75, 3.05) is 13.2 Å². The summed E-state index contributed by atoms with van der Waals surface area (Å²) in [4.78, 5) is 4.66. The van der Waals surface area contributed by atoms with Crippen molar-refractivity contribution in [3.05, 3.63) is 64.2 Å². The average molecular weight is 432 g/mol. The van der Waals surface area contributed by atoms with Crippen LogP contribution in [0.15, 0.2) is 41.6 Å². The Kier molecular flexibility index (Phi) is 5.60. The predicted molar refractivity (Wildman–Crippen MR) is 114 cm³/mol. The van der Waals surface area contributed by atoms with Crippen molar-refractivity contribution in [2.24, 2.45) is 5.41 Å². The number of aromatic nitrogens is 2. The van der Waals surface area contributed by atoms with Crippen LogP contribution in [-0.2, 0) is 17.8 Å². The van der Waals surface area contributed by atoms with E-state index in [1.165, 1.54) is 6.08 Å². The van der Waals surface area contributed by atoms with E-state index >= 15 is 0 Å². The Morgan fingerprint density at radius 3 is 2.71 bits per heavy atom. The van der Waals surface area contributed by atoms with Gasteiger partial charge in [0.1, 0.15) is 5.65 Å². The maximum Gasteiger partial charge on any atom is 0.416 e. The van der Waals surface area contributed by atoms with E-state index in [1.807, 2.05) is 36.6 Å². The van der Waals surface area contributed by atoms with E-state index in [-0.39, 0.29) is 6.61 Å². The molecule has 0 fully saturated rings. The molecule has 0 spiro atoms. The molecule has 4 rings (SSSR count). The van der Waals surface area contributed by atoms with Gasteiger partial charge in [0, 0.05) is 17.5 Å². The number of aryl methyl sites for hydroxylation is 1. The summed E-state index contributed by atoms with van der Waals surface area (Å²) in [6.45, 7) is 6.38. The van der Waals surface area contributed by atoms with E-state index in [9.17, 15) is 18.3 Å². The van der Waals surface area contributed by atoms with Gasteiger partial charge in [-0.2, -0.15) is 13.2 Å². The van der Waals surface area contributed by atoms with Crippen LogP contribution in [-0.4, -0.2) is 33.9 Å². The molecule has 7 heteroatoms. The van der Waals surface area contributed by atoms with E-state index < -0.39 is 17.2 Å². The van der Waals surface area contributed by atoms with Crippen LogP contribution in [0, 0.1) is 12.3 Å². The minimum atomic E-state index is -4.37. The predicted octanol–water partition coefficient (Wildman–Crippen LogP) is 5.33. The van der Waals surface area contributed by atoms with E-state index in [0.29, 0.717) is 42.8 Å². The number of rotatable bonds is 4. The summed E-state index contributed by atoms with van der Waals surface area (Å²) in [6, 6.07) is 1.95. The van der Waals surface area contributed by atoms with Gasteiger partial charge in [0.05, 0.1) is 31.1 Å². The fourth-order valence-corrected chi connectivity index (χ4v) is 4.59. The SMILES string of the molecule is CC1=C(C(F)(F)F)C=CCC1(C)Cc1c(C)nc2c(CO)cc(C3=CCOCC3)cn12. The maximum atomic E-state index is 13.5. The number of pyridine rings is 1. The Labute approximate surface area is 179 Å². The minimum absolute atomic E-state index is 0.159. The first-order valence-corrected chi connectivity index (χ1v) is 10.5. The molecular weight excluding hydrogens is 405 g/mol. The van der Waals surface area contributed by atoms with Crippen molar-refractivity contribution in [3.63, 3.8) is 0 Å². The number of aliphatic hydroxyl groups excluding tert-OH is 1. The van der Waals surface area contributed by atoms with Crippen LogP contribution in [0.5, 0.6) is 0 Å². The molecule has 1 unspecified atom stereocenters. The second-order valence-corrected chi connectivity index (χ2v) is 8.68. The third-order valence-corrected chi connectivity index (χ3v) is 6.63. The third kappa shape index (κ3) is 3.96. The van der Waals surface area contributed by atoms with Crippen molar-refractivity contribution < 1.29 is 23.0 Å². The normalized spacial score (nSPS) is 22.4. The van der Waals surface area contributed by atoms with Gasteiger partial charge in [-0.3, -0.25) is 0 Å². The highest BCUT2D eigenvalue weighted by Crippen LogP contribution is 2.45. The van der Waals surface area contributed by atoms with Gasteiger partial charge in [-0.1, -0.05) is 30.7 Å². The van der Waals surface area contributed by atoms with Gasteiger partial charge in [-0.15, -0.1) is 0 Å². The molecule has 2 aliphatic rings. The second kappa shape index (κ2) is 7.95. The van der Waals surface area contributed by atoms with Gasteiger partial charge >= 0.3 is 6.18 Å². The monoisotopic (exact) mass is 432 g/mol. The summed E-state index contributed by atoms with van der Waals surface area (Å²) in [6.07, 6.45) is 4.19. The third-order valence-electron chi connectivity index (χ3n) is 6.63. The molecule has 4 nitrogen and oxygen atoms in total. The zero-order valence-electron chi connectivity index (χ0n) is 18.0. The zero-order chi connectivity index (χ0) is 22.4. The molecule has 0 amide bonds. The van der Waals surface area contributed by atoms with Crippen molar-refractivity contribution >= 4 is 11.2 Å². The molecule has 0 radical (unpaired) electrons. The fourth-order valence-electron chi connectivity index (χ4n) is 4.59. The highest BCUT2D eigenvalue weighted by Gasteiger charge is 2.41. The van der Waals surface area contributed by atoms with Gasteiger partial charge in [0.15, 0.2) is 0 Å². The second-order valence-electron chi connectivity index (χ2n) is 8.68. The molecule has 1 N–H and O–H groups in total. The van der Waals surface area contributed by atoms with Gasteiger partial charge in [-0.25, -0.2) is 4.98 Å². The molecule has 2 aromatic heterocycles. The number of nitrogens with zero attached hydrogens (tertiary/aromatic N) is 2. The van der Waals surface area contributed by atoms with Crippen LogP contribution in [0.2, 0.25) is 0 Å². The highest BCUT2D eigenvalue weighted by molar-refractivity contribution is 5.69. The van der Waals surface area contributed by atoms with Crippen LogP contribution >= 0.6 is 0 Å². The Morgan fingerprint density at radius 1 is 1.29 bits per heavy atom. The van der Waals surface area contributed by atoms with E-state index in [0.717, 1.165) is 28.9 Å². The van der Waals surface area contributed by atoms with Gasteiger partial charge < -0.3 is 14.2 Å². The Balaban J connectivity index is 1.83. The lowest BCUT2D eigenvalue weighted by Crippen LogP contribution is -2.28. The standard InChI is InChI=1S/C24H27F3N2O2/c1-15-20(24(25,26)27)5-4-8-23(15,3)12-21-16(2)28-22-19(14-30)11-18(13-29(21)22)17-6-9-31-10-7-17/h4-6,11,13,30H,7-10,12,14H2,1-3H3. The summed E-state index contributed by atoms with van der Waals surface area (Å²) in [5, 5.41) is 9.96. The van der Waals surface area contributed by atoms with Crippen LogP contribution in [0.4, 0.5) is 13.2 Å². The number of allylic oxidation sites excluding steroid dienone is 4. The molecule has 2 aromatic rings. The molecule has 0 saturated carbocycles. The maximum absolute atomic E-state index is 13.5. The van der Waals surface area contributed by atoms with Crippen LogP contribution < -0.4 is 0 Å². The quantitative estimate of drug-likeness (QED) is 0.711. The number of ether oxygens (including phenoxy) is 1. The van der Waals surface area contributed by atoms with Gasteiger partial charge in [0.2, 0.25) is 0 Å². The Morgan fingerprint density at radius 2 is 2.06 bits per heavy atom. The number of hydrogen-bond acceptors (Lipinski definition) is 3. The summed E-state index contributed by atoms with van der Waals surface area (Å²) >= 11 is 0. The fraction of sp³-hybridized carbons (Fsp3) is 0.458. The van der Waals surface area contributed by atoms with E-state index in [2.05, 4.69) is 4.98 Å². The van der Waals surface area contributed by atoms with E-state index in [1.54, 1.807) is 13.0 Å². The number of halogens is 3. The summed E-state index contributed by atoms with van der Waals surface area (Å²) in [7, 11) is 0. The Bertz CT molecular complexity index is 1110. The topological polar surface area (TPSA) is 46.8 Å². The zero-order valence-corrected chi connectivity index (χ0v) is 18.0. The summed E-state index contributed by atoms with van der Waals surface area (Å²) in [5.41, 5.74) is 4.24. The summed E-state index contributed by atoms with van der Waals surface area (Å²) in [5.74, 6) is 0. The molecule has 0 aromatic carbocycles. The number of aliphatic hydroxyl groups is 1. The average Bonchev–Trinajstić information content (AvgIpc) is 3.04. The molecule has 0 bridgehead atoms. The lowest BCUT2D eigenvalue weighted by molar-refractivity contribution is -0.0903. The molecule has 1 aliphatic heterocycles. The Hall–Kier alpha value is -2.38. The highest BCUT2D eigenvalue weighted by atomic mass is 19.4. The number of imidazole rings is 1. The van der Waals surface area contributed by atoms with Gasteiger partial charge in [-0.05, 0) is 55.7 Å². The van der Waals surface area contributed by atoms with Crippen LogP contribution in [0.1, 0.15) is 49.2 Å². The van der Waals surface area contributed by atoms with Crippen molar-refractivity contribution in [1.29, 1.82) is 0 Å². The smallest absolute Gasteiger partial charge is 0.392 e. The first kappa shape index (κ1) is 21.8. The first-order chi connectivity index (χ1) is 14.6. The van der Waals surface area contributed by atoms with Crippen molar-refractivity contribution in [1.82, 2.24) is 9.38 Å². The van der Waals surface area contributed by atoms with Crippen LogP contribution in [0.25, 0.3) is 11.2 Å². The van der Waals surface area contributed by atoms with Crippen molar-refractivity contribution in [3.8, 4) is 0 Å². The lowest BCUT2D eigenvalue weighted by atomic mass is 9.71. The van der Waals surface area contributed by atoms with Crippen molar-refractivity contribution in [2.45, 2.75) is 52.8 Å². The molecule has 31 heavy (non-hydrogen) atoms. The molecule has 1 atom stereocenters. The van der Waals surface area contributed by atoms with E-state index in [4.69, 9.17) is 4.74 Å². The van der Waals surface area contributed by atoms with Crippen LogP contribution in [0.3, 0.4) is 0 Å². The van der Waals surface area contributed by atoms with Gasteiger partial charge in [0.25, 0.3) is 0 Å². The molecule has 0 saturated heterocycles. The lowest BCUT2D eigenvalue weighted by Gasteiger charge is -2.34. The largest absolute Gasteiger partial charge is 0.416 e. The number of alkyl halides is 3. The molecular formula is C24H27F3N2O2. The molecule has 166 valence electrons. The molecule has 3 heterocycles. The number of hydrogen-bond donors (Lipinski definition) is 1. The molecule has 1 aliphatic carbocycles. The summed E-state index contributed by atoms with van der Waals surface area (Å²) < 4.78 is 48.0.